The summed E-state index contributed by atoms with van der Waals surface area (Å²) in [6.45, 7) is 1.17. The van der Waals surface area contributed by atoms with E-state index in [1.807, 2.05) is 0 Å². The molecule has 4 nitrogen and oxygen atoms in total. The molecule has 0 saturated carbocycles. The molecule has 0 bridgehead atoms. The van der Waals surface area contributed by atoms with Crippen molar-refractivity contribution in [3.63, 3.8) is 0 Å². The first-order chi connectivity index (χ1) is 5.41. The summed E-state index contributed by atoms with van der Waals surface area (Å²) >= 11 is 0. The Kier molecular flexibility index (Phi) is 1.95. The zero-order valence-corrected chi connectivity index (χ0v) is 6.52. The maximum absolute atomic E-state index is 9.07. The quantitative estimate of drug-likeness (QED) is 0.360. The van der Waals surface area contributed by atoms with E-state index in [-0.39, 0.29) is 17.1 Å². The van der Waals surface area contributed by atoms with E-state index in [0.717, 1.165) is 6.07 Å². The molecule has 0 aromatic heterocycles. The average Bonchev–Trinajstić information content (AvgIpc) is 1.92. The van der Waals surface area contributed by atoms with Gasteiger partial charge >= 0.3 is 0 Å². The largest absolute Gasteiger partial charge is 0.504 e. The zero-order chi connectivity index (χ0) is 9.35. The predicted molar refractivity (Wildman–Crippen MR) is 41.6 cm³/mol. The molecule has 0 aliphatic heterocycles. The molecule has 4 N–H and O–H groups in total. The number of benzene rings is 1. The molecule has 1 aromatic rings. The summed E-state index contributed by atoms with van der Waals surface area (Å²) in [6, 6.07) is 3.60. The van der Waals surface area contributed by atoms with Gasteiger partial charge in [-0.15, -0.1) is 0 Å². The van der Waals surface area contributed by atoms with Crippen molar-refractivity contribution >= 4 is 0 Å². The minimum Gasteiger partial charge on any atom is -0.504 e. The number of hydrogen-bond donors (Lipinski definition) is 4. The van der Waals surface area contributed by atoms with Crippen molar-refractivity contribution in [3.05, 3.63) is 23.8 Å². The minimum atomic E-state index is -1.99. The summed E-state index contributed by atoms with van der Waals surface area (Å²) in [4.78, 5) is 0. The van der Waals surface area contributed by atoms with Crippen LogP contribution >= 0.6 is 0 Å². The third-order valence-electron chi connectivity index (χ3n) is 1.52. The molecule has 1 rings (SSSR count). The van der Waals surface area contributed by atoms with E-state index in [1.54, 1.807) is 0 Å². The lowest BCUT2D eigenvalue weighted by Gasteiger charge is -2.16. The molecule has 12 heavy (non-hydrogen) atoms. The molecular weight excluding hydrogens is 160 g/mol. The van der Waals surface area contributed by atoms with Crippen LogP contribution in [0, 0.1) is 0 Å². The van der Waals surface area contributed by atoms with Gasteiger partial charge in [0.2, 0.25) is 0 Å². The highest BCUT2D eigenvalue weighted by Crippen LogP contribution is 2.28. The Balaban J connectivity index is 3.14. The topological polar surface area (TPSA) is 80.9 Å². The molecule has 4 heteroatoms. The molecule has 0 atom stereocenters. The van der Waals surface area contributed by atoms with E-state index in [2.05, 4.69) is 0 Å². The Labute approximate surface area is 69.3 Å². The highest BCUT2D eigenvalue weighted by molar-refractivity contribution is 5.41. The SMILES string of the molecule is CC(O)(O)c1ccc(O)c(O)c1. The maximum Gasteiger partial charge on any atom is 0.186 e. The van der Waals surface area contributed by atoms with E-state index in [0.29, 0.717) is 0 Å². The molecule has 1 aromatic carbocycles. The van der Waals surface area contributed by atoms with Crippen LogP contribution in [-0.2, 0) is 5.79 Å². The van der Waals surface area contributed by atoms with E-state index >= 15 is 0 Å². The molecule has 0 aliphatic carbocycles. The lowest BCUT2D eigenvalue weighted by Crippen LogP contribution is -2.19. The van der Waals surface area contributed by atoms with E-state index in [4.69, 9.17) is 20.4 Å². The van der Waals surface area contributed by atoms with E-state index < -0.39 is 5.79 Å². The molecule has 0 unspecified atom stereocenters. The highest BCUT2D eigenvalue weighted by atomic mass is 16.5. The Morgan fingerprint density at radius 1 is 1.08 bits per heavy atom. The first kappa shape index (κ1) is 8.83. The number of aromatic hydroxyl groups is 2. The zero-order valence-electron chi connectivity index (χ0n) is 6.52. The lowest BCUT2D eigenvalue weighted by molar-refractivity contribution is -0.152. The van der Waals surface area contributed by atoms with Gasteiger partial charge in [0.1, 0.15) is 0 Å². The summed E-state index contributed by atoms with van der Waals surface area (Å²) in [5, 5.41) is 36.0. The first-order valence-electron chi connectivity index (χ1n) is 3.38. The first-order valence-corrected chi connectivity index (χ1v) is 3.38. The molecule has 0 amide bonds. The van der Waals surface area contributed by atoms with Crippen LogP contribution in [0.25, 0.3) is 0 Å². The standard InChI is InChI=1S/C8H10O4/c1-8(11,12)5-2-3-6(9)7(10)4-5/h2-4,9-12H,1H3. The van der Waals surface area contributed by atoms with Crippen LogP contribution in [0.15, 0.2) is 18.2 Å². The van der Waals surface area contributed by atoms with Gasteiger partial charge in [0.05, 0.1) is 0 Å². The number of rotatable bonds is 1. The van der Waals surface area contributed by atoms with Crippen molar-refractivity contribution in [2.75, 3.05) is 0 Å². The van der Waals surface area contributed by atoms with Gasteiger partial charge in [0.15, 0.2) is 17.3 Å². The molecule has 0 fully saturated rings. The van der Waals surface area contributed by atoms with Crippen LogP contribution in [-0.4, -0.2) is 20.4 Å². The molecule has 0 saturated heterocycles. The second-order valence-corrected chi connectivity index (χ2v) is 2.72. The number of aliphatic hydroxyl groups is 2. The molecule has 0 radical (unpaired) electrons. The van der Waals surface area contributed by atoms with E-state index in [9.17, 15) is 0 Å². The predicted octanol–water partition coefficient (Wildman–Crippen LogP) is 0.255. The maximum atomic E-state index is 9.07. The van der Waals surface area contributed by atoms with Crippen LogP contribution in [0.5, 0.6) is 11.5 Å². The third kappa shape index (κ3) is 1.66. The fraction of sp³-hybridized carbons (Fsp3) is 0.250. The second-order valence-electron chi connectivity index (χ2n) is 2.72. The Hall–Kier alpha value is -1.26. The number of hydrogen-bond acceptors (Lipinski definition) is 4. The average molecular weight is 170 g/mol. The van der Waals surface area contributed by atoms with Gasteiger partial charge in [0.25, 0.3) is 0 Å². The fourth-order valence-electron chi connectivity index (χ4n) is 0.818. The van der Waals surface area contributed by atoms with Gasteiger partial charge in [-0.1, -0.05) is 0 Å². The van der Waals surface area contributed by atoms with Crippen LogP contribution in [0.3, 0.4) is 0 Å². The Morgan fingerprint density at radius 2 is 1.67 bits per heavy atom. The van der Waals surface area contributed by atoms with E-state index in [1.165, 1.54) is 19.1 Å². The Morgan fingerprint density at radius 3 is 2.08 bits per heavy atom. The van der Waals surface area contributed by atoms with Crippen molar-refractivity contribution in [2.45, 2.75) is 12.7 Å². The molecular formula is C8H10O4. The van der Waals surface area contributed by atoms with Crippen LogP contribution < -0.4 is 0 Å². The number of phenols is 2. The molecule has 0 heterocycles. The van der Waals surface area contributed by atoms with Crippen molar-refractivity contribution < 1.29 is 20.4 Å². The fourth-order valence-corrected chi connectivity index (χ4v) is 0.818. The van der Waals surface area contributed by atoms with Gasteiger partial charge in [0, 0.05) is 5.56 Å². The molecule has 0 aliphatic rings. The van der Waals surface area contributed by atoms with Gasteiger partial charge in [-0.3, -0.25) is 0 Å². The van der Waals surface area contributed by atoms with Crippen LogP contribution in [0.4, 0.5) is 0 Å². The summed E-state index contributed by atoms with van der Waals surface area (Å²) in [6.07, 6.45) is 0. The summed E-state index contributed by atoms with van der Waals surface area (Å²) in [7, 11) is 0. The number of phenolic OH excluding ortho intramolecular Hbond substituents is 2. The Bertz CT molecular complexity index is 288. The summed E-state index contributed by atoms with van der Waals surface area (Å²) in [5.74, 6) is -2.66. The third-order valence-corrected chi connectivity index (χ3v) is 1.52. The van der Waals surface area contributed by atoms with Crippen molar-refractivity contribution in [1.82, 2.24) is 0 Å². The van der Waals surface area contributed by atoms with Crippen molar-refractivity contribution in [3.8, 4) is 11.5 Å². The normalized spacial score (nSPS) is 11.6. The second kappa shape index (κ2) is 2.66. The summed E-state index contributed by atoms with van der Waals surface area (Å²) in [5.41, 5.74) is 0.123. The summed E-state index contributed by atoms with van der Waals surface area (Å²) < 4.78 is 0. The van der Waals surface area contributed by atoms with Gasteiger partial charge < -0.3 is 20.4 Å². The van der Waals surface area contributed by atoms with Crippen molar-refractivity contribution in [1.29, 1.82) is 0 Å². The van der Waals surface area contributed by atoms with Gasteiger partial charge in [-0.2, -0.15) is 0 Å². The minimum absolute atomic E-state index is 0.123. The lowest BCUT2D eigenvalue weighted by atomic mass is 10.1. The molecule has 0 spiro atoms. The monoisotopic (exact) mass is 170 g/mol. The van der Waals surface area contributed by atoms with Crippen molar-refractivity contribution in [2.24, 2.45) is 0 Å². The highest BCUT2D eigenvalue weighted by Gasteiger charge is 2.19. The van der Waals surface area contributed by atoms with Gasteiger partial charge in [-0.05, 0) is 25.1 Å². The van der Waals surface area contributed by atoms with Gasteiger partial charge in [-0.25, -0.2) is 0 Å². The van der Waals surface area contributed by atoms with Crippen LogP contribution in [0.2, 0.25) is 0 Å². The molecule has 66 valence electrons. The van der Waals surface area contributed by atoms with Crippen LogP contribution in [0.1, 0.15) is 12.5 Å². The smallest absolute Gasteiger partial charge is 0.186 e.